The third-order valence-corrected chi connectivity index (χ3v) is 4.78. The fourth-order valence-electron chi connectivity index (χ4n) is 3.22. The molecule has 2 aromatic heterocycles. The molecule has 1 N–H and O–H groups in total. The fraction of sp³-hybridized carbons (Fsp3) is 0.182. The second-order valence-electron chi connectivity index (χ2n) is 7.03. The van der Waals surface area contributed by atoms with Gasteiger partial charge in [0, 0.05) is 12.1 Å². The molecule has 0 bridgehead atoms. The van der Waals surface area contributed by atoms with Crippen LogP contribution in [0.25, 0.3) is 11.0 Å². The van der Waals surface area contributed by atoms with Gasteiger partial charge in [-0.1, -0.05) is 29.8 Å². The number of amides is 1. The molecule has 0 fully saturated rings. The van der Waals surface area contributed by atoms with Crippen LogP contribution in [0.1, 0.15) is 21.5 Å². The van der Waals surface area contributed by atoms with Crippen molar-refractivity contribution >= 4 is 16.9 Å². The number of halogens is 1. The first kappa shape index (κ1) is 19.5. The summed E-state index contributed by atoms with van der Waals surface area (Å²) in [4.78, 5) is 29.3. The van der Waals surface area contributed by atoms with Crippen molar-refractivity contribution in [3.05, 3.63) is 93.9 Å². The molecular weight excluding hydrogens is 385 g/mol. The Bertz CT molecular complexity index is 1260. The van der Waals surface area contributed by atoms with E-state index >= 15 is 0 Å². The van der Waals surface area contributed by atoms with Gasteiger partial charge in [-0.15, -0.1) is 0 Å². The van der Waals surface area contributed by atoms with Crippen LogP contribution in [0.15, 0.2) is 65.8 Å². The zero-order chi connectivity index (χ0) is 21.1. The van der Waals surface area contributed by atoms with Crippen molar-refractivity contribution in [1.29, 1.82) is 0 Å². The van der Waals surface area contributed by atoms with Crippen molar-refractivity contribution in [2.24, 2.45) is 0 Å². The van der Waals surface area contributed by atoms with Gasteiger partial charge in [-0.25, -0.2) is 14.1 Å². The maximum Gasteiger partial charge on any atom is 0.264 e. The smallest absolute Gasteiger partial charge is 0.264 e. The van der Waals surface area contributed by atoms with E-state index in [0.29, 0.717) is 36.2 Å². The van der Waals surface area contributed by atoms with Crippen LogP contribution < -0.4 is 10.9 Å². The van der Waals surface area contributed by atoms with E-state index in [9.17, 15) is 14.0 Å². The molecule has 0 spiro atoms. The molecular formula is C22H20FN5O2. The molecule has 7 nitrogen and oxygen atoms in total. The van der Waals surface area contributed by atoms with Crippen LogP contribution >= 0.6 is 0 Å². The molecule has 0 saturated heterocycles. The van der Waals surface area contributed by atoms with Gasteiger partial charge in [-0.05, 0) is 36.8 Å². The van der Waals surface area contributed by atoms with Gasteiger partial charge in [0.2, 0.25) is 0 Å². The highest BCUT2D eigenvalue weighted by Gasteiger charge is 2.11. The van der Waals surface area contributed by atoms with Crippen LogP contribution in [0.3, 0.4) is 0 Å². The number of aryl methyl sites for hydroxylation is 1. The molecule has 0 saturated carbocycles. The number of carbonyl (C=O) groups is 1. The average molecular weight is 405 g/mol. The van der Waals surface area contributed by atoms with E-state index in [1.807, 2.05) is 25.1 Å². The first-order valence-corrected chi connectivity index (χ1v) is 9.51. The molecule has 0 aliphatic heterocycles. The number of rotatable bonds is 6. The first-order valence-electron chi connectivity index (χ1n) is 9.51. The molecule has 4 rings (SSSR count). The zero-order valence-corrected chi connectivity index (χ0v) is 16.4. The monoisotopic (exact) mass is 405 g/mol. The standard InChI is InChI=1S/C22H20FN5O2/c1-15-3-2-4-17(11-15)21(29)24-9-10-28-20-19(12-26-28)22(30)27(14-25-20)13-16-5-7-18(23)8-6-16/h2-8,11-12,14H,9-10,13H2,1H3,(H,24,29). The Kier molecular flexibility index (Phi) is 5.38. The maximum atomic E-state index is 13.1. The van der Waals surface area contributed by atoms with E-state index in [1.165, 1.54) is 29.2 Å². The Labute approximate surface area is 171 Å². The lowest BCUT2D eigenvalue weighted by molar-refractivity contribution is 0.0952. The Morgan fingerprint density at radius 3 is 2.73 bits per heavy atom. The van der Waals surface area contributed by atoms with Gasteiger partial charge >= 0.3 is 0 Å². The van der Waals surface area contributed by atoms with Gasteiger partial charge in [0.15, 0.2) is 5.65 Å². The second kappa shape index (κ2) is 8.28. The summed E-state index contributed by atoms with van der Waals surface area (Å²) in [6, 6.07) is 13.3. The molecule has 0 atom stereocenters. The van der Waals surface area contributed by atoms with E-state index in [1.54, 1.807) is 22.9 Å². The highest BCUT2D eigenvalue weighted by Crippen LogP contribution is 2.08. The summed E-state index contributed by atoms with van der Waals surface area (Å²) in [6.07, 6.45) is 2.94. The van der Waals surface area contributed by atoms with Crippen LogP contribution in [-0.2, 0) is 13.1 Å². The van der Waals surface area contributed by atoms with E-state index in [-0.39, 0.29) is 17.3 Å². The van der Waals surface area contributed by atoms with E-state index in [2.05, 4.69) is 15.4 Å². The normalized spacial score (nSPS) is 11.0. The molecule has 8 heteroatoms. The van der Waals surface area contributed by atoms with Crippen molar-refractivity contribution in [2.75, 3.05) is 6.54 Å². The predicted molar refractivity (Wildman–Crippen MR) is 111 cm³/mol. The van der Waals surface area contributed by atoms with Gasteiger partial charge in [-0.2, -0.15) is 5.10 Å². The molecule has 0 unspecified atom stereocenters. The van der Waals surface area contributed by atoms with Gasteiger partial charge < -0.3 is 5.32 Å². The predicted octanol–water partition coefficient (Wildman–Crippen LogP) is 2.52. The minimum absolute atomic E-state index is 0.162. The molecule has 30 heavy (non-hydrogen) atoms. The van der Waals surface area contributed by atoms with Crippen LogP contribution in [0.2, 0.25) is 0 Å². The van der Waals surface area contributed by atoms with Crippen LogP contribution in [0, 0.1) is 12.7 Å². The number of aromatic nitrogens is 4. The Morgan fingerprint density at radius 2 is 1.97 bits per heavy atom. The lowest BCUT2D eigenvalue weighted by Gasteiger charge is -2.08. The first-order chi connectivity index (χ1) is 14.5. The number of hydrogen-bond donors (Lipinski definition) is 1. The van der Waals surface area contributed by atoms with Gasteiger partial charge in [0.25, 0.3) is 11.5 Å². The van der Waals surface area contributed by atoms with Gasteiger partial charge in [-0.3, -0.25) is 14.2 Å². The van der Waals surface area contributed by atoms with Crippen molar-refractivity contribution < 1.29 is 9.18 Å². The minimum atomic E-state index is -0.324. The SMILES string of the molecule is Cc1cccc(C(=O)NCCn2ncc3c(=O)n(Cc4ccc(F)cc4)cnc32)c1. The summed E-state index contributed by atoms with van der Waals surface area (Å²) >= 11 is 0. The molecule has 0 aliphatic rings. The summed E-state index contributed by atoms with van der Waals surface area (Å²) in [6.45, 7) is 2.96. The lowest BCUT2D eigenvalue weighted by Crippen LogP contribution is -2.27. The Morgan fingerprint density at radius 1 is 1.17 bits per heavy atom. The number of benzene rings is 2. The zero-order valence-electron chi connectivity index (χ0n) is 16.4. The van der Waals surface area contributed by atoms with E-state index in [0.717, 1.165) is 11.1 Å². The van der Waals surface area contributed by atoms with E-state index < -0.39 is 0 Å². The summed E-state index contributed by atoms with van der Waals surface area (Å²) < 4.78 is 16.1. The molecule has 152 valence electrons. The van der Waals surface area contributed by atoms with Crippen LogP contribution in [0.5, 0.6) is 0 Å². The molecule has 2 aromatic carbocycles. The number of nitrogens with one attached hydrogen (secondary N) is 1. The molecule has 2 heterocycles. The molecule has 0 aliphatic carbocycles. The topological polar surface area (TPSA) is 81.8 Å². The highest BCUT2D eigenvalue weighted by molar-refractivity contribution is 5.94. The van der Waals surface area contributed by atoms with E-state index in [4.69, 9.17) is 0 Å². The maximum absolute atomic E-state index is 13.1. The summed E-state index contributed by atoms with van der Waals surface area (Å²) in [5.41, 5.74) is 2.65. The van der Waals surface area contributed by atoms with Crippen LogP contribution in [-0.4, -0.2) is 31.8 Å². The largest absolute Gasteiger partial charge is 0.350 e. The average Bonchev–Trinajstić information content (AvgIpc) is 3.15. The minimum Gasteiger partial charge on any atom is -0.350 e. The third-order valence-electron chi connectivity index (χ3n) is 4.78. The molecule has 4 aromatic rings. The molecule has 1 amide bonds. The van der Waals surface area contributed by atoms with Gasteiger partial charge in [0.05, 0.1) is 19.3 Å². The number of nitrogens with zero attached hydrogens (tertiary/aromatic N) is 4. The Balaban J connectivity index is 1.45. The van der Waals surface area contributed by atoms with Gasteiger partial charge in [0.1, 0.15) is 17.5 Å². The fourth-order valence-corrected chi connectivity index (χ4v) is 3.22. The van der Waals surface area contributed by atoms with Crippen molar-refractivity contribution in [3.8, 4) is 0 Å². The van der Waals surface area contributed by atoms with Crippen molar-refractivity contribution in [2.45, 2.75) is 20.0 Å². The van der Waals surface area contributed by atoms with Crippen molar-refractivity contribution in [3.63, 3.8) is 0 Å². The Hall–Kier alpha value is -3.81. The quantitative estimate of drug-likeness (QED) is 0.534. The summed E-state index contributed by atoms with van der Waals surface area (Å²) in [5.74, 6) is -0.486. The summed E-state index contributed by atoms with van der Waals surface area (Å²) in [5, 5.41) is 7.48. The molecule has 0 radical (unpaired) electrons. The number of hydrogen-bond acceptors (Lipinski definition) is 4. The second-order valence-corrected chi connectivity index (χ2v) is 7.03. The summed E-state index contributed by atoms with van der Waals surface area (Å²) in [7, 11) is 0. The third kappa shape index (κ3) is 4.12. The lowest BCUT2D eigenvalue weighted by atomic mass is 10.1. The highest BCUT2D eigenvalue weighted by atomic mass is 19.1. The number of fused-ring (bicyclic) bond motifs is 1. The van der Waals surface area contributed by atoms with Crippen molar-refractivity contribution in [1.82, 2.24) is 24.6 Å². The van der Waals surface area contributed by atoms with Crippen LogP contribution in [0.4, 0.5) is 4.39 Å². The number of carbonyl (C=O) groups excluding carboxylic acids is 1.